The van der Waals surface area contributed by atoms with Crippen LogP contribution in [0.3, 0.4) is 0 Å². The van der Waals surface area contributed by atoms with E-state index in [1.165, 1.54) is 17.4 Å². The van der Waals surface area contributed by atoms with Gasteiger partial charge in [-0.3, -0.25) is 4.90 Å². The Bertz CT molecular complexity index is 781. The average Bonchev–Trinajstić information content (AvgIpc) is 3.18. The number of anilines is 2. The standard InChI is InChI=1S/C16H14ClN3O3/c1-11-2-7-15(23-11)9-20(14-8-18-22-10-14)16(21)19-13-5-3-12(17)4-6-13/h2-8,10H,9H2,1H3,(H,19,21). The van der Waals surface area contributed by atoms with E-state index in [4.69, 9.17) is 20.5 Å². The summed E-state index contributed by atoms with van der Waals surface area (Å²) in [4.78, 5) is 14.1. The molecule has 6 nitrogen and oxygen atoms in total. The van der Waals surface area contributed by atoms with Gasteiger partial charge in [-0.2, -0.15) is 0 Å². The highest BCUT2D eigenvalue weighted by atomic mass is 35.5. The Morgan fingerprint density at radius 1 is 1.26 bits per heavy atom. The molecule has 0 spiro atoms. The van der Waals surface area contributed by atoms with E-state index in [0.717, 1.165) is 5.76 Å². The molecule has 1 aromatic carbocycles. The molecule has 2 aromatic heterocycles. The number of amides is 2. The van der Waals surface area contributed by atoms with Crippen molar-refractivity contribution in [2.75, 3.05) is 10.2 Å². The first-order valence-electron chi connectivity index (χ1n) is 6.90. The van der Waals surface area contributed by atoms with Crippen LogP contribution in [0, 0.1) is 6.92 Å². The Labute approximate surface area is 137 Å². The van der Waals surface area contributed by atoms with Crippen molar-refractivity contribution >= 4 is 29.0 Å². The van der Waals surface area contributed by atoms with Gasteiger partial charge in [0.25, 0.3) is 0 Å². The van der Waals surface area contributed by atoms with Crippen molar-refractivity contribution in [3.8, 4) is 0 Å². The Hall–Kier alpha value is -2.73. The maximum absolute atomic E-state index is 12.6. The number of nitrogens with zero attached hydrogens (tertiary/aromatic N) is 2. The van der Waals surface area contributed by atoms with Crippen molar-refractivity contribution in [1.82, 2.24) is 5.16 Å². The summed E-state index contributed by atoms with van der Waals surface area (Å²) in [6.07, 6.45) is 2.87. The molecule has 0 saturated carbocycles. The van der Waals surface area contributed by atoms with Gasteiger partial charge in [-0.15, -0.1) is 0 Å². The average molecular weight is 332 g/mol. The number of rotatable bonds is 4. The number of carbonyl (C=O) groups is 1. The first-order valence-corrected chi connectivity index (χ1v) is 7.28. The number of benzene rings is 1. The van der Waals surface area contributed by atoms with Gasteiger partial charge >= 0.3 is 6.03 Å². The largest absolute Gasteiger partial charge is 0.464 e. The second-order valence-corrected chi connectivity index (χ2v) is 5.35. The van der Waals surface area contributed by atoms with Crippen LogP contribution in [0.15, 0.2) is 57.8 Å². The van der Waals surface area contributed by atoms with Gasteiger partial charge in [0.1, 0.15) is 23.5 Å². The van der Waals surface area contributed by atoms with E-state index >= 15 is 0 Å². The van der Waals surface area contributed by atoms with E-state index in [9.17, 15) is 4.79 Å². The van der Waals surface area contributed by atoms with Gasteiger partial charge in [-0.05, 0) is 43.3 Å². The van der Waals surface area contributed by atoms with E-state index in [1.807, 2.05) is 19.1 Å². The molecule has 23 heavy (non-hydrogen) atoms. The number of carbonyl (C=O) groups excluding carboxylic acids is 1. The molecule has 3 rings (SSSR count). The molecule has 0 radical (unpaired) electrons. The predicted molar refractivity (Wildman–Crippen MR) is 86.6 cm³/mol. The number of urea groups is 1. The smallest absolute Gasteiger partial charge is 0.326 e. The number of aryl methyl sites for hydroxylation is 1. The van der Waals surface area contributed by atoms with E-state index in [2.05, 4.69) is 10.5 Å². The number of nitrogens with one attached hydrogen (secondary N) is 1. The van der Waals surface area contributed by atoms with Crippen molar-refractivity contribution < 1.29 is 13.7 Å². The first-order chi connectivity index (χ1) is 11.1. The van der Waals surface area contributed by atoms with Crippen LogP contribution in [0.1, 0.15) is 11.5 Å². The lowest BCUT2D eigenvalue weighted by Gasteiger charge is -2.20. The number of hydrogen-bond acceptors (Lipinski definition) is 4. The predicted octanol–water partition coefficient (Wildman–Crippen LogP) is 4.47. The zero-order valence-corrected chi connectivity index (χ0v) is 13.1. The van der Waals surface area contributed by atoms with Gasteiger partial charge in [-0.1, -0.05) is 16.8 Å². The summed E-state index contributed by atoms with van der Waals surface area (Å²) in [6.45, 7) is 2.11. The maximum Gasteiger partial charge on any atom is 0.326 e. The molecule has 0 aliphatic carbocycles. The van der Waals surface area contributed by atoms with Crippen LogP contribution < -0.4 is 10.2 Å². The van der Waals surface area contributed by atoms with Crippen LogP contribution in [0.5, 0.6) is 0 Å². The van der Waals surface area contributed by atoms with Crippen molar-refractivity contribution in [2.45, 2.75) is 13.5 Å². The first kappa shape index (κ1) is 15.2. The number of aromatic nitrogens is 1. The van der Waals surface area contributed by atoms with Crippen LogP contribution in [0.2, 0.25) is 5.02 Å². The minimum Gasteiger partial charge on any atom is -0.464 e. The molecule has 0 unspecified atom stereocenters. The molecule has 7 heteroatoms. The molecule has 3 aromatic rings. The molecular weight excluding hydrogens is 318 g/mol. The number of furan rings is 1. The SMILES string of the molecule is Cc1ccc(CN(C(=O)Nc2ccc(Cl)cc2)c2cnoc2)o1. The molecular formula is C16H14ClN3O3. The monoisotopic (exact) mass is 331 g/mol. The third-order valence-electron chi connectivity index (χ3n) is 3.18. The van der Waals surface area contributed by atoms with Crippen molar-refractivity contribution in [1.29, 1.82) is 0 Å². The fraction of sp³-hybridized carbons (Fsp3) is 0.125. The van der Waals surface area contributed by atoms with Gasteiger partial charge in [0, 0.05) is 10.7 Å². The van der Waals surface area contributed by atoms with Gasteiger partial charge in [-0.25, -0.2) is 4.79 Å². The summed E-state index contributed by atoms with van der Waals surface area (Å²) in [6, 6.07) is 10.2. The van der Waals surface area contributed by atoms with Gasteiger partial charge in [0.2, 0.25) is 0 Å². The Kier molecular flexibility index (Phi) is 4.34. The van der Waals surface area contributed by atoms with Crippen LogP contribution >= 0.6 is 11.6 Å². The third kappa shape index (κ3) is 3.73. The number of hydrogen-bond donors (Lipinski definition) is 1. The summed E-state index contributed by atoms with van der Waals surface area (Å²) >= 11 is 5.85. The summed E-state index contributed by atoms with van der Waals surface area (Å²) in [7, 11) is 0. The van der Waals surface area contributed by atoms with Crippen LogP contribution in [0.4, 0.5) is 16.2 Å². The topological polar surface area (TPSA) is 71.5 Å². The fourth-order valence-electron chi connectivity index (χ4n) is 2.06. The zero-order valence-electron chi connectivity index (χ0n) is 12.3. The second-order valence-electron chi connectivity index (χ2n) is 4.92. The lowest BCUT2D eigenvalue weighted by Crippen LogP contribution is -2.34. The van der Waals surface area contributed by atoms with Gasteiger partial charge < -0.3 is 14.3 Å². The minimum atomic E-state index is -0.329. The van der Waals surface area contributed by atoms with Gasteiger partial charge in [0.15, 0.2) is 0 Å². The molecule has 0 aliphatic heterocycles. The second kappa shape index (κ2) is 6.58. The molecule has 2 amide bonds. The highest BCUT2D eigenvalue weighted by molar-refractivity contribution is 6.30. The Morgan fingerprint density at radius 2 is 2.04 bits per heavy atom. The molecule has 0 aliphatic rings. The van der Waals surface area contributed by atoms with Crippen molar-refractivity contribution in [3.05, 3.63) is 65.4 Å². The van der Waals surface area contributed by atoms with Gasteiger partial charge in [0.05, 0.1) is 12.7 Å². The minimum absolute atomic E-state index is 0.258. The van der Waals surface area contributed by atoms with E-state index < -0.39 is 0 Å². The lowest BCUT2D eigenvalue weighted by atomic mass is 10.3. The summed E-state index contributed by atoms with van der Waals surface area (Å²) < 4.78 is 10.4. The molecule has 1 N–H and O–H groups in total. The summed E-state index contributed by atoms with van der Waals surface area (Å²) in [5.74, 6) is 1.44. The zero-order chi connectivity index (χ0) is 16.2. The summed E-state index contributed by atoms with van der Waals surface area (Å²) in [5.41, 5.74) is 1.17. The van der Waals surface area contributed by atoms with Crippen LogP contribution in [-0.2, 0) is 6.54 Å². The Balaban J connectivity index is 1.79. The highest BCUT2D eigenvalue weighted by Crippen LogP contribution is 2.20. The van der Waals surface area contributed by atoms with E-state index in [-0.39, 0.29) is 12.6 Å². The maximum atomic E-state index is 12.6. The highest BCUT2D eigenvalue weighted by Gasteiger charge is 2.19. The third-order valence-corrected chi connectivity index (χ3v) is 3.43. The molecule has 2 heterocycles. The number of halogens is 1. The van der Waals surface area contributed by atoms with Crippen LogP contribution in [-0.4, -0.2) is 11.2 Å². The molecule has 0 saturated heterocycles. The normalized spacial score (nSPS) is 10.5. The summed E-state index contributed by atoms with van der Waals surface area (Å²) in [5, 5.41) is 7.05. The molecule has 0 atom stereocenters. The van der Waals surface area contributed by atoms with Crippen molar-refractivity contribution in [2.24, 2.45) is 0 Å². The fourth-order valence-corrected chi connectivity index (χ4v) is 2.19. The Morgan fingerprint density at radius 3 is 2.65 bits per heavy atom. The lowest BCUT2D eigenvalue weighted by molar-refractivity contribution is 0.256. The van der Waals surface area contributed by atoms with Crippen molar-refractivity contribution in [3.63, 3.8) is 0 Å². The molecule has 0 fully saturated rings. The molecule has 118 valence electrons. The van der Waals surface area contributed by atoms with E-state index in [1.54, 1.807) is 24.3 Å². The van der Waals surface area contributed by atoms with E-state index in [0.29, 0.717) is 22.2 Å². The molecule has 0 bridgehead atoms. The van der Waals surface area contributed by atoms with Crippen LogP contribution in [0.25, 0.3) is 0 Å². The quantitative estimate of drug-likeness (QED) is 0.765.